The summed E-state index contributed by atoms with van der Waals surface area (Å²) < 4.78 is 0. The van der Waals surface area contributed by atoms with Crippen molar-refractivity contribution >= 4 is 0 Å². The molecule has 0 amide bonds. The standard InChI is InChI=1S/C8H6N4.Cu/c1-3-9-7(10-4-1)8-11-5-2-6-12-8;/h1-6H;. The van der Waals surface area contributed by atoms with Gasteiger partial charge < -0.3 is 0 Å². The zero-order chi connectivity index (χ0) is 8.23. The van der Waals surface area contributed by atoms with Gasteiger partial charge in [0.25, 0.3) is 0 Å². The van der Waals surface area contributed by atoms with Gasteiger partial charge in [0.2, 0.25) is 0 Å². The molecule has 2 heterocycles. The molecule has 0 aliphatic carbocycles. The monoisotopic (exact) mass is 221 g/mol. The Morgan fingerprint density at radius 3 is 1.23 bits per heavy atom. The van der Waals surface area contributed by atoms with E-state index in [-0.39, 0.29) is 17.1 Å². The predicted octanol–water partition coefficient (Wildman–Crippen LogP) is 0.931. The molecule has 0 aliphatic heterocycles. The first-order valence-corrected chi connectivity index (χ1v) is 3.51. The second kappa shape index (κ2) is 4.64. The maximum Gasteiger partial charge on any atom is 0.197 e. The molecular formula is C8H6CuN4. The first-order valence-electron chi connectivity index (χ1n) is 3.51. The van der Waals surface area contributed by atoms with E-state index in [0.717, 1.165) is 0 Å². The average Bonchev–Trinajstić information content (AvgIpc) is 2.21. The second-order valence-electron chi connectivity index (χ2n) is 2.14. The van der Waals surface area contributed by atoms with Crippen LogP contribution in [0.4, 0.5) is 0 Å². The van der Waals surface area contributed by atoms with Crippen molar-refractivity contribution in [3.63, 3.8) is 0 Å². The second-order valence-corrected chi connectivity index (χ2v) is 2.14. The fraction of sp³-hybridized carbons (Fsp3) is 0. The van der Waals surface area contributed by atoms with Crippen LogP contribution >= 0.6 is 0 Å². The number of aromatic nitrogens is 4. The minimum absolute atomic E-state index is 0. The van der Waals surface area contributed by atoms with Crippen LogP contribution < -0.4 is 0 Å². The van der Waals surface area contributed by atoms with Crippen LogP contribution in [0.15, 0.2) is 36.9 Å². The van der Waals surface area contributed by atoms with E-state index < -0.39 is 0 Å². The molecule has 2 rings (SSSR count). The Labute approximate surface area is 86.0 Å². The summed E-state index contributed by atoms with van der Waals surface area (Å²) in [6.45, 7) is 0. The molecule has 0 saturated heterocycles. The van der Waals surface area contributed by atoms with E-state index in [1.165, 1.54) is 0 Å². The van der Waals surface area contributed by atoms with E-state index in [1.807, 2.05) is 0 Å². The molecule has 0 bridgehead atoms. The van der Waals surface area contributed by atoms with E-state index >= 15 is 0 Å². The van der Waals surface area contributed by atoms with Gasteiger partial charge in [-0.3, -0.25) is 0 Å². The molecule has 13 heavy (non-hydrogen) atoms. The Balaban J connectivity index is 0.000000845. The Morgan fingerprint density at radius 1 is 0.615 bits per heavy atom. The van der Waals surface area contributed by atoms with Crippen LogP contribution in [-0.4, -0.2) is 19.9 Å². The van der Waals surface area contributed by atoms with Gasteiger partial charge >= 0.3 is 0 Å². The first-order chi connectivity index (χ1) is 5.97. The number of nitrogens with zero attached hydrogens (tertiary/aromatic N) is 4. The van der Waals surface area contributed by atoms with Crippen molar-refractivity contribution in [3.05, 3.63) is 36.9 Å². The molecule has 0 N–H and O–H groups in total. The predicted molar refractivity (Wildman–Crippen MR) is 43.1 cm³/mol. The molecule has 0 unspecified atom stereocenters. The molecule has 2 aromatic heterocycles. The van der Waals surface area contributed by atoms with Gasteiger partial charge in [-0.25, -0.2) is 19.9 Å². The third-order valence-electron chi connectivity index (χ3n) is 1.33. The topological polar surface area (TPSA) is 51.6 Å². The van der Waals surface area contributed by atoms with Gasteiger partial charge in [-0.1, -0.05) is 0 Å². The molecule has 69 valence electrons. The third-order valence-corrected chi connectivity index (χ3v) is 1.33. The Bertz CT molecular complexity index is 314. The van der Waals surface area contributed by atoms with E-state index in [4.69, 9.17) is 0 Å². The van der Waals surface area contributed by atoms with Gasteiger partial charge in [-0.15, -0.1) is 0 Å². The van der Waals surface area contributed by atoms with Crippen molar-refractivity contribution in [1.29, 1.82) is 0 Å². The van der Waals surface area contributed by atoms with Gasteiger partial charge in [0.1, 0.15) is 0 Å². The number of hydrogen-bond acceptors (Lipinski definition) is 4. The first kappa shape index (κ1) is 9.77. The van der Waals surface area contributed by atoms with Crippen molar-refractivity contribution in [1.82, 2.24) is 19.9 Å². The molecule has 0 atom stereocenters. The molecule has 0 spiro atoms. The summed E-state index contributed by atoms with van der Waals surface area (Å²) in [4.78, 5) is 16.1. The van der Waals surface area contributed by atoms with Gasteiger partial charge in [-0.2, -0.15) is 0 Å². The number of rotatable bonds is 1. The normalized spacial score (nSPS) is 8.92. The average molecular weight is 222 g/mol. The maximum absolute atomic E-state index is 4.01. The summed E-state index contributed by atoms with van der Waals surface area (Å²) in [7, 11) is 0. The summed E-state index contributed by atoms with van der Waals surface area (Å²) in [6.07, 6.45) is 6.66. The molecule has 0 aromatic carbocycles. The van der Waals surface area contributed by atoms with Crippen molar-refractivity contribution in [2.75, 3.05) is 0 Å². The molecule has 0 aliphatic rings. The zero-order valence-electron chi connectivity index (χ0n) is 6.55. The van der Waals surface area contributed by atoms with Gasteiger partial charge in [0, 0.05) is 41.9 Å². The molecule has 0 saturated carbocycles. The van der Waals surface area contributed by atoms with Crippen LogP contribution in [-0.2, 0) is 17.1 Å². The van der Waals surface area contributed by atoms with Gasteiger partial charge in [0.05, 0.1) is 0 Å². The van der Waals surface area contributed by atoms with Crippen LogP contribution in [0.3, 0.4) is 0 Å². The van der Waals surface area contributed by atoms with Crippen LogP contribution in [0.5, 0.6) is 0 Å². The van der Waals surface area contributed by atoms with Crippen molar-refractivity contribution < 1.29 is 17.1 Å². The number of hydrogen-bond donors (Lipinski definition) is 0. The van der Waals surface area contributed by atoms with Gasteiger partial charge in [0.15, 0.2) is 11.6 Å². The summed E-state index contributed by atoms with van der Waals surface area (Å²) in [5.74, 6) is 1.11. The van der Waals surface area contributed by atoms with E-state index in [1.54, 1.807) is 36.9 Å². The van der Waals surface area contributed by atoms with Crippen LogP contribution in [0, 0.1) is 0 Å². The van der Waals surface area contributed by atoms with Crippen LogP contribution in [0.25, 0.3) is 11.6 Å². The fourth-order valence-corrected chi connectivity index (χ4v) is 0.829. The van der Waals surface area contributed by atoms with Crippen molar-refractivity contribution in [2.45, 2.75) is 0 Å². The summed E-state index contributed by atoms with van der Waals surface area (Å²) in [5.41, 5.74) is 0. The minimum atomic E-state index is 0. The van der Waals surface area contributed by atoms with E-state index in [9.17, 15) is 0 Å². The molecule has 0 fully saturated rings. The maximum atomic E-state index is 4.01. The van der Waals surface area contributed by atoms with Crippen molar-refractivity contribution in [3.8, 4) is 11.6 Å². The largest absolute Gasteiger partial charge is 0.234 e. The quantitative estimate of drug-likeness (QED) is 0.673. The van der Waals surface area contributed by atoms with E-state index in [0.29, 0.717) is 11.6 Å². The molecule has 2 aromatic rings. The molecule has 1 radical (unpaired) electrons. The van der Waals surface area contributed by atoms with Gasteiger partial charge in [-0.05, 0) is 12.1 Å². The molecular weight excluding hydrogens is 216 g/mol. The Hall–Kier alpha value is -1.32. The SMILES string of the molecule is [Cu].c1cnc(-c2ncccn2)nc1. The van der Waals surface area contributed by atoms with Crippen molar-refractivity contribution in [2.24, 2.45) is 0 Å². The summed E-state index contributed by atoms with van der Waals surface area (Å²) in [5, 5.41) is 0. The molecule has 4 nitrogen and oxygen atoms in total. The fourth-order valence-electron chi connectivity index (χ4n) is 0.829. The van der Waals surface area contributed by atoms with Crippen LogP contribution in [0.1, 0.15) is 0 Å². The van der Waals surface area contributed by atoms with E-state index in [2.05, 4.69) is 19.9 Å². The Morgan fingerprint density at radius 2 is 0.923 bits per heavy atom. The molecule has 5 heteroatoms. The van der Waals surface area contributed by atoms with Crippen LogP contribution in [0.2, 0.25) is 0 Å². The minimum Gasteiger partial charge on any atom is -0.234 e. The zero-order valence-corrected chi connectivity index (χ0v) is 7.50. The Kier molecular flexibility index (Phi) is 3.49. The summed E-state index contributed by atoms with van der Waals surface area (Å²) >= 11 is 0. The summed E-state index contributed by atoms with van der Waals surface area (Å²) in [6, 6.07) is 3.51. The smallest absolute Gasteiger partial charge is 0.197 e. The third kappa shape index (κ3) is 2.31.